The highest BCUT2D eigenvalue weighted by molar-refractivity contribution is 5.89. The van der Waals surface area contributed by atoms with E-state index in [1.165, 1.54) is 6.07 Å². The van der Waals surface area contributed by atoms with Crippen molar-refractivity contribution >= 4 is 22.8 Å². The van der Waals surface area contributed by atoms with Crippen LogP contribution in [0, 0.1) is 11.6 Å². The Morgan fingerprint density at radius 1 is 1.15 bits per heavy atom. The van der Waals surface area contributed by atoms with Crippen LogP contribution in [-0.4, -0.2) is 32.9 Å². The monoisotopic (exact) mass is 366 g/mol. The molecular weight excluding hydrogens is 346 g/mol. The summed E-state index contributed by atoms with van der Waals surface area (Å²) in [5.41, 5.74) is 6.11. The van der Waals surface area contributed by atoms with E-state index in [-0.39, 0.29) is 6.04 Å². The van der Waals surface area contributed by atoms with Gasteiger partial charge in [-0.25, -0.2) is 18.4 Å². The fourth-order valence-electron chi connectivity index (χ4n) is 2.95. The van der Waals surface area contributed by atoms with Gasteiger partial charge < -0.3 is 15.6 Å². The normalized spacial score (nSPS) is 13.0. The number of carbonyl (C=O) groups is 2. The van der Waals surface area contributed by atoms with Crippen LogP contribution in [0.15, 0.2) is 24.3 Å². The molecule has 8 heteroatoms. The molecule has 0 saturated carbocycles. The standard InChI is InChI=1S/C14H16F2N2.C4H4O4/c1-8(2)17-18-11-5-3-4-9(11)13-12(18)7-6-10(15)14(13)16;5-3(6)1-2-4(7)8/h6-8,17H,3-5H2,1-2H3;1-2H,(H,5,6)(H,7,8)/b;2-1+. The average molecular weight is 366 g/mol. The fourth-order valence-corrected chi connectivity index (χ4v) is 2.95. The Balaban J connectivity index is 0.000000260. The third-order valence-corrected chi connectivity index (χ3v) is 3.83. The molecular formula is C18H20F2N2O4. The summed E-state index contributed by atoms with van der Waals surface area (Å²) in [5, 5.41) is 16.1. The quantitative estimate of drug-likeness (QED) is 0.724. The lowest BCUT2D eigenvalue weighted by atomic mass is 10.1. The van der Waals surface area contributed by atoms with Gasteiger partial charge >= 0.3 is 11.9 Å². The van der Waals surface area contributed by atoms with Gasteiger partial charge in [0.2, 0.25) is 0 Å². The predicted octanol–water partition coefficient (Wildman–Crippen LogP) is 3.07. The second kappa shape index (κ2) is 7.99. The maximum atomic E-state index is 14.0. The van der Waals surface area contributed by atoms with E-state index < -0.39 is 23.6 Å². The van der Waals surface area contributed by atoms with E-state index in [0.717, 1.165) is 36.0 Å². The summed E-state index contributed by atoms with van der Waals surface area (Å²) in [6, 6.07) is 3.10. The second-order valence-corrected chi connectivity index (χ2v) is 6.16. The highest BCUT2D eigenvalue weighted by Crippen LogP contribution is 2.34. The molecule has 0 fully saturated rings. The maximum Gasteiger partial charge on any atom is 0.328 e. The number of nitrogens with zero attached hydrogens (tertiary/aromatic N) is 1. The minimum Gasteiger partial charge on any atom is -0.478 e. The van der Waals surface area contributed by atoms with E-state index in [2.05, 4.69) is 5.43 Å². The zero-order chi connectivity index (χ0) is 19.4. The van der Waals surface area contributed by atoms with Crippen LogP contribution in [0.5, 0.6) is 0 Å². The highest BCUT2D eigenvalue weighted by Gasteiger charge is 2.25. The van der Waals surface area contributed by atoms with Crippen molar-refractivity contribution in [3.05, 3.63) is 47.2 Å². The van der Waals surface area contributed by atoms with Crippen LogP contribution in [0.2, 0.25) is 0 Å². The molecule has 1 aromatic carbocycles. The molecule has 0 unspecified atom stereocenters. The van der Waals surface area contributed by atoms with Gasteiger partial charge in [0.25, 0.3) is 0 Å². The van der Waals surface area contributed by atoms with Gasteiger partial charge in [0.15, 0.2) is 11.6 Å². The molecule has 140 valence electrons. The first-order valence-electron chi connectivity index (χ1n) is 8.13. The van der Waals surface area contributed by atoms with Gasteiger partial charge in [0, 0.05) is 29.3 Å². The number of aromatic nitrogens is 1. The topological polar surface area (TPSA) is 91.6 Å². The summed E-state index contributed by atoms with van der Waals surface area (Å²) in [6.07, 6.45) is 3.88. The molecule has 0 radical (unpaired) electrons. The van der Waals surface area contributed by atoms with E-state index in [1.807, 2.05) is 18.5 Å². The Morgan fingerprint density at radius 3 is 2.31 bits per heavy atom. The predicted molar refractivity (Wildman–Crippen MR) is 92.8 cm³/mol. The molecule has 1 aromatic heterocycles. The lowest BCUT2D eigenvalue weighted by molar-refractivity contribution is -0.134. The van der Waals surface area contributed by atoms with Crippen molar-refractivity contribution in [2.75, 3.05) is 5.43 Å². The third kappa shape index (κ3) is 4.19. The number of aliphatic carboxylic acids is 2. The van der Waals surface area contributed by atoms with Crippen molar-refractivity contribution in [2.24, 2.45) is 0 Å². The number of benzene rings is 1. The Labute approximate surface area is 148 Å². The molecule has 0 aliphatic heterocycles. The number of carboxylic acids is 2. The molecule has 1 aliphatic rings. The van der Waals surface area contributed by atoms with Crippen molar-refractivity contribution < 1.29 is 28.6 Å². The lowest BCUT2D eigenvalue weighted by Gasteiger charge is -2.15. The van der Waals surface area contributed by atoms with Crippen LogP contribution in [0.4, 0.5) is 8.78 Å². The summed E-state index contributed by atoms with van der Waals surface area (Å²) in [6.45, 7) is 4.07. The molecule has 1 heterocycles. The van der Waals surface area contributed by atoms with Gasteiger partial charge in [-0.2, -0.15) is 0 Å². The minimum absolute atomic E-state index is 0.249. The van der Waals surface area contributed by atoms with Gasteiger partial charge in [0.1, 0.15) is 0 Å². The Morgan fingerprint density at radius 2 is 1.77 bits per heavy atom. The number of rotatable bonds is 4. The number of fused-ring (bicyclic) bond motifs is 3. The molecule has 3 N–H and O–H groups in total. The molecule has 3 rings (SSSR count). The molecule has 0 saturated heterocycles. The van der Waals surface area contributed by atoms with Gasteiger partial charge in [-0.1, -0.05) is 0 Å². The van der Waals surface area contributed by atoms with E-state index in [0.29, 0.717) is 17.5 Å². The average Bonchev–Trinajstić information content (AvgIpc) is 3.12. The molecule has 6 nitrogen and oxygen atoms in total. The Kier molecular flexibility index (Phi) is 5.97. The molecule has 0 spiro atoms. The minimum atomic E-state index is -1.26. The van der Waals surface area contributed by atoms with Crippen LogP contribution in [0.25, 0.3) is 10.9 Å². The molecule has 2 aromatic rings. The van der Waals surface area contributed by atoms with Crippen LogP contribution in [-0.2, 0) is 22.4 Å². The third-order valence-electron chi connectivity index (χ3n) is 3.83. The van der Waals surface area contributed by atoms with Crippen LogP contribution in [0.3, 0.4) is 0 Å². The molecule has 0 bridgehead atoms. The number of aryl methyl sites for hydroxylation is 1. The Hall–Kier alpha value is -2.90. The van der Waals surface area contributed by atoms with Crippen molar-refractivity contribution in [2.45, 2.75) is 39.2 Å². The van der Waals surface area contributed by atoms with Crippen LogP contribution >= 0.6 is 0 Å². The number of hydrogen-bond acceptors (Lipinski definition) is 3. The first-order valence-corrected chi connectivity index (χ1v) is 8.13. The molecule has 1 aliphatic carbocycles. The zero-order valence-electron chi connectivity index (χ0n) is 14.4. The molecule has 26 heavy (non-hydrogen) atoms. The highest BCUT2D eigenvalue weighted by atomic mass is 19.2. The first-order chi connectivity index (χ1) is 12.2. The molecule has 0 amide bonds. The number of carboxylic acid groups (broad SMARTS) is 2. The van der Waals surface area contributed by atoms with Gasteiger partial charge in [0.05, 0.1) is 5.52 Å². The largest absolute Gasteiger partial charge is 0.478 e. The number of halogens is 2. The van der Waals surface area contributed by atoms with E-state index in [1.54, 1.807) is 6.07 Å². The summed E-state index contributed by atoms with van der Waals surface area (Å²) in [7, 11) is 0. The van der Waals surface area contributed by atoms with Crippen molar-refractivity contribution in [3.8, 4) is 0 Å². The van der Waals surface area contributed by atoms with Crippen molar-refractivity contribution in [1.29, 1.82) is 0 Å². The van der Waals surface area contributed by atoms with E-state index in [9.17, 15) is 18.4 Å². The lowest BCUT2D eigenvalue weighted by Crippen LogP contribution is -2.23. The summed E-state index contributed by atoms with van der Waals surface area (Å²) < 4.78 is 29.3. The fraction of sp³-hybridized carbons (Fsp3) is 0.333. The summed E-state index contributed by atoms with van der Waals surface area (Å²) in [5.74, 6) is -3.99. The second-order valence-electron chi connectivity index (χ2n) is 6.16. The first kappa shape index (κ1) is 19.4. The van der Waals surface area contributed by atoms with Crippen LogP contribution in [0.1, 0.15) is 31.5 Å². The van der Waals surface area contributed by atoms with E-state index in [4.69, 9.17) is 10.2 Å². The van der Waals surface area contributed by atoms with Gasteiger partial charge in [-0.3, -0.25) is 4.68 Å². The summed E-state index contributed by atoms with van der Waals surface area (Å²) >= 11 is 0. The summed E-state index contributed by atoms with van der Waals surface area (Å²) in [4.78, 5) is 19.1. The number of nitrogens with one attached hydrogen (secondary N) is 1. The number of hydrogen-bond donors (Lipinski definition) is 3. The Bertz CT molecular complexity index is 856. The van der Waals surface area contributed by atoms with Crippen LogP contribution < -0.4 is 5.43 Å². The van der Waals surface area contributed by atoms with Crippen molar-refractivity contribution in [1.82, 2.24) is 4.68 Å². The maximum absolute atomic E-state index is 14.0. The van der Waals surface area contributed by atoms with Gasteiger partial charge in [-0.05, 0) is 50.8 Å². The zero-order valence-corrected chi connectivity index (χ0v) is 14.4. The molecule has 0 atom stereocenters. The SMILES string of the molecule is CC(C)Nn1c2c(c3c(F)c(F)ccc31)CCC2.O=C(O)/C=C/C(=O)O. The van der Waals surface area contributed by atoms with E-state index >= 15 is 0 Å². The van der Waals surface area contributed by atoms with Crippen molar-refractivity contribution in [3.63, 3.8) is 0 Å². The smallest absolute Gasteiger partial charge is 0.328 e. The van der Waals surface area contributed by atoms with Gasteiger partial charge in [-0.15, -0.1) is 0 Å².